The van der Waals surface area contributed by atoms with E-state index in [0.717, 1.165) is 0 Å². The van der Waals surface area contributed by atoms with Crippen molar-refractivity contribution >= 4 is 17.7 Å². The number of Topliss-reactive ketones (excluding diaryl/α,β-unsaturated/α-hetero) is 1. The van der Waals surface area contributed by atoms with Crippen molar-refractivity contribution in [3.63, 3.8) is 0 Å². The number of aliphatic carboxylic acids is 1. The Kier molecular flexibility index (Phi) is 4.87. The van der Waals surface area contributed by atoms with E-state index in [1.165, 1.54) is 0 Å². The Balaban J connectivity index is 2.35. The summed E-state index contributed by atoms with van der Waals surface area (Å²) in [5.41, 5.74) is 0. The number of hydrogen-bond acceptors (Lipinski definition) is 4. The van der Waals surface area contributed by atoms with Gasteiger partial charge in [-0.3, -0.25) is 14.4 Å². The molecule has 0 saturated heterocycles. The molecule has 0 bridgehead atoms. The lowest BCUT2D eigenvalue weighted by molar-refractivity contribution is -0.141. The van der Waals surface area contributed by atoms with Crippen LogP contribution in [0.4, 0.5) is 0 Å². The molecule has 0 unspecified atom stereocenters. The van der Waals surface area contributed by atoms with Gasteiger partial charge in [0, 0.05) is 6.42 Å². The molecule has 1 rings (SSSR count). The molecule has 17 heavy (non-hydrogen) atoms. The molecule has 1 N–H and O–H groups in total. The molecule has 0 saturated carbocycles. The van der Waals surface area contributed by atoms with Gasteiger partial charge in [0.15, 0.2) is 0 Å². The second-order valence-corrected chi connectivity index (χ2v) is 3.40. The SMILES string of the molecule is O=C(O)CCC(=O)CC(=O)Oc1ccccc1. The first-order valence-corrected chi connectivity index (χ1v) is 5.07. The van der Waals surface area contributed by atoms with Crippen molar-refractivity contribution in [2.45, 2.75) is 19.3 Å². The third kappa shape index (κ3) is 5.46. The van der Waals surface area contributed by atoms with Gasteiger partial charge in [-0.15, -0.1) is 0 Å². The van der Waals surface area contributed by atoms with Crippen LogP contribution in [0.25, 0.3) is 0 Å². The summed E-state index contributed by atoms with van der Waals surface area (Å²) in [7, 11) is 0. The lowest BCUT2D eigenvalue weighted by Gasteiger charge is -2.02. The molecule has 0 fully saturated rings. The number of carbonyl (C=O) groups excluding carboxylic acids is 2. The van der Waals surface area contributed by atoms with Gasteiger partial charge in [-0.25, -0.2) is 0 Å². The summed E-state index contributed by atoms with van der Waals surface area (Å²) in [5, 5.41) is 8.36. The summed E-state index contributed by atoms with van der Waals surface area (Å²) in [6.07, 6.45) is -0.821. The van der Waals surface area contributed by atoms with Crippen molar-refractivity contribution in [3.8, 4) is 5.75 Å². The van der Waals surface area contributed by atoms with Crippen LogP contribution in [0.3, 0.4) is 0 Å². The highest BCUT2D eigenvalue weighted by atomic mass is 16.5. The molecule has 0 amide bonds. The molecule has 1 aromatic carbocycles. The highest BCUT2D eigenvalue weighted by Crippen LogP contribution is 2.09. The Bertz CT molecular complexity index is 410. The monoisotopic (exact) mass is 236 g/mol. The van der Waals surface area contributed by atoms with Crippen LogP contribution < -0.4 is 4.74 Å². The summed E-state index contributed by atoms with van der Waals surface area (Å²) >= 11 is 0. The summed E-state index contributed by atoms with van der Waals surface area (Å²) < 4.78 is 4.88. The average Bonchev–Trinajstić information content (AvgIpc) is 2.27. The Morgan fingerprint density at radius 1 is 1.06 bits per heavy atom. The molecule has 1 aromatic rings. The molecule has 5 heteroatoms. The van der Waals surface area contributed by atoms with Gasteiger partial charge in [-0.1, -0.05) is 18.2 Å². The first-order chi connectivity index (χ1) is 8.08. The zero-order chi connectivity index (χ0) is 12.7. The Hall–Kier alpha value is -2.17. The van der Waals surface area contributed by atoms with Gasteiger partial charge < -0.3 is 9.84 Å². The molecule has 0 atom stereocenters. The number of para-hydroxylation sites is 1. The van der Waals surface area contributed by atoms with Crippen LogP contribution in [0.5, 0.6) is 5.75 Å². The first kappa shape index (κ1) is 12.9. The van der Waals surface area contributed by atoms with Crippen molar-refractivity contribution < 1.29 is 24.2 Å². The minimum absolute atomic E-state index is 0.154. The lowest BCUT2D eigenvalue weighted by Crippen LogP contribution is -2.14. The van der Waals surface area contributed by atoms with Gasteiger partial charge in [0.1, 0.15) is 18.0 Å². The third-order valence-corrected chi connectivity index (χ3v) is 1.93. The summed E-state index contributed by atoms with van der Waals surface area (Å²) in [6, 6.07) is 8.37. The van der Waals surface area contributed by atoms with Gasteiger partial charge in [-0.2, -0.15) is 0 Å². The van der Waals surface area contributed by atoms with Crippen LogP contribution in [0.15, 0.2) is 30.3 Å². The van der Waals surface area contributed by atoms with Crippen LogP contribution in [0.2, 0.25) is 0 Å². The smallest absolute Gasteiger partial charge is 0.318 e. The van der Waals surface area contributed by atoms with E-state index in [4.69, 9.17) is 9.84 Å². The Morgan fingerprint density at radius 3 is 2.29 bits per heavy atom. The van der Waals surface area contributed by atoms with E-state index in [-0.39, 0.29) is 12.8 Å². The number of rotatable bonds is 6. The van der Waals surface area contributed by atoms with E-state index >= 15 is 0 Å². The van der Waals surface area contributed by atoms with E-state index in [1.807, 2.05) is 0 Å². The van der Waals surface area contributed by atoms with Crippen molar-refractivity contribution in [1.82, 2.24) is 0 Å². The van der Waals surface area contributed by atoms with Crippen LogP contribution in [-0.4, -0.2) is 22.8 Å². The molecule has 0 aliphatic rings. The molecule has 0 spiro atoms. The molecular formula is C12H12O5. The van der Waals surface area contributed by atoms with Gasteiger partial charge >= 0.3 is 11.9 Å². The predicted molar refractivity (Wildman–Crippen MR) is 58.6 cm³/mol. The highest BCUT2D eigenvalue weighted by Gasteiger charge is 2.12. The van der Waals surface area contributed by atoms with E-state index in [1.54, 1.807) is 30.3 Å². The minimum atomic E-state index is -1.06. The minimum Gasteiger partial charge on any atom is -0.481 e. The van der Waals surface area contributed by atoms with E-state index < -0.39 is 24.1 Å². The fourth-order valence-corrected chi connectivity index (χ4v) is 1.15. The quantitative estimate of drug-likeness (QED) is 0.459. The predicted octanol–water partition coefficient (Wildman–Crippen LogP) is 1.42. The van der Waals surface area contributed by atoms with E-state index in [9.17, 15) is 14.4 Å². The standard InChI is InChI=1S/C12H12O5/c13-9(6-7-11(14)15)8-12(16)17-10-4-2-1-3-5-10/h1-5H,6-8H2,(H,14,15). The number of carbonyl (C=O) groups is 3. The number of hydrogen-bond donors (Lipinski definition) is 1. The zero-order valence-corrected chi connectivity index (χ0v) is 9.09. The van der Waals surface area contributed by atoms with Crippen molar-refractivity contribution in [1.29, 1.82) is 0 Å². The molecule has 0 aliphatic carbocycles. The lowest BCUT2D eigenvalue weighted by atomic mass is 10.2. The fourth-order valence-electron chi connectivity index (χ4n) is 1.15. The zero-order valence-electron chi connectivity index (χ0n) is 9.09. The average molecular weight is 236 g/mol. The number of ketones is 1. The summed E-state index contributed by atoms with van der Waals surface area (Å²) in [6.45, 7) is 0. The Morgan fingerprint density at radius 2 is 1.71 bits per heavy atom. The summed E-state index contributed by atoms with van der Waals surface area (Å²) in [5.74, 6) is -1.81. The maximum Gasteiger partial charge on any atom is 0.318 e. The molecular weight excluding hydrogens is 224 g/mol. The Labute approximate surface area is 98.0 Å². The maximum atomic E-state index is 11.3. The van der Waals surface area contributed by atoms with Crippen LogP contribution in [0.1, 0.15) is 19.3 Å². The maximum absolute atomic E-state index is 11.3. The fraction of sp³-hybridized carbons (Fsp3) is 0.250. The molecule has 90 valence electrons. The van der Waals surface area contributed by atoms with Gasteiger partial charge in [0.2, 0.25) is 0 Å². The number of carboxylic acid groups (broad SMARTS) is 1. The molecule has 5 nitrogen and oxygen atoms in total. The largest absolute Gasteiger partial charge is 0.481 e. The molecule has 0 aromatic heterocycles. The number of esters is 1. The second kappa shape index (κ2) is 6.42. The topological polar surface area (TPSA) is 80.7 Å². The molecule has 0 radical (unpaired) electrons. The van der Waals surface area contributed by atoms with Crippen LogP contribution in [-0.2, 0) is 14.4 Å². The van der Waals surface area contributed by atoms with Gasteiger partial charge in [0.25, 0.3) is 0 Å². The molecule has 0 heterocycles. The van der Waals surface area contributed by atoms with Crippen molar-refractivity contribution in [2.75, 3.05) is 0 Å². The first-order valence-electron chi connectivity index (χ1n) is 5.07. The highest BCUT2D eigenvalue weighted by molar-refractivity contribution is 5.97. The number of benzene rings is 1. The number of ether oxygens (including phenoxy) is 1. The van der Waals surface area contributed by atoms with Crippen LogP contribution in [0, 0.1) is 0 Å². The second-order valence-electron chi connectivity index (χ2n) is 3.40. The molecule has 0 aliphatic heterocycles. The summed E-state index contributed by atoms with van der Waals surface area (Å²) in [4.78, 5) is 32.7. The van der Waals surface area contributed by atoms with Gasteiger partial charge in [-0.05, 0) is 12.1 Å². The third-order valence-electron chi connectivity index (χ3n) is 1.93. The van der Waals surface area contributed by atoms with Crippen LogP contribution >= 0.6 is 0 Å². The van der Waals surface area contributed by atoms with E-state index in [2.05, 4.69) is 0 Å². The van der Waals surface area contributed by atoms with Crippen molar-refractivity contribution in [2.24, 2.45) is 0 Å². The number of carboxylic acids is 1. The normalized spacial score (nSPS) is 9.65. The van der Waals surface area contributed by atoms with Gasteiger partial charge in [0.05, 0.1) is 6.42 Å². The van der Waals surface area contributed by atoms with Crippen molar-refractivity contribution in [3.05, 3.63) is 30.3 Å². The van der Waals surface area contributed by atoms with E-state index in [0.29, 0.717) is 5.75 Å².